The first-order chi connectivity index (χ1) is 8.08. The van der Waals surface area contributed by atoms with Crippen LogP contribution in [0.25, 0.3) is 0 Å². The number of ether oxygens (including phenoxy) is 1. The summed E-state index contributed by atoms with van der Waals surface area (Å²) in [6.07, 6.45) is 0. The molecule has 4 nitrogen and oxygen atoms in total. The van der Waals surface area contributed by atoms with Gasteiger partial charge in [-0.15, -0.1) is 0 Å². The van der Waals surface area contributed by atoms with E-state index in [1.165, 1.54) is 0 Å². The highest BCUT2D eigenvalue weighted by atomic mass is 35.5. The molecule has 0 bridgehead atoms. The molecule has 17 heavy (non-hydrogen) atoms. The van der Waals surface area contributed by atoms with E-state index in [1.54, 1.807) is 20.2 Å². The molecule has 0 radical (unpaired) electrons. The van der Waals surface area contributed by atoms with E-state index < -0.39 is 0 Å². The Kier molecular flexibility index (Phi) is 5.82. The van der Waals surface area contributed by atoms with Crippen LogP contribution in [0.15, 0.2) is 6.07 Å². The second-order valence-corrected chi connectivity index (χ2v) is 4.66. The molecule has 0 amide bonds. The first-order valence-electron chi connectivity index (χ1n) is 5.35. The number of halogens is 2. The van der Waals surface area contributed by atoms with Crippen molar-refractivity contribution < 1.29 is 4.74 Å². The summed E-state index contributed by atoms with van der Waals surface area (Å²) in [4.78, 5) is 4.30. The zero-order valence-electron chi connectivity index (χ0n) is 10.2. The fourth-order valence-electron chi connectivity index (χ4n) is 1.38. The smallest absolute Gasteiger partial charge is 0.147 e. The van der Waals surface area contributed by atoms with E-state index in [0.717, 1.165) is 6.54 Å². The van der Waals surface area contributed by atoms with E-state index >= 15 is 0 Å². The van der Waals surface area contributed by atoms with Crippen LogP contribution in [0.1, 0.15) is 6.92 Å². The van der Waals surface area contributed by atoms with E-state index in [4.69, 9.17) is 27.9 Å². The topological polar surface area (TPSA) is 46.2 Å². The molecule has 0 spiro atoms. The van der Waals surface area contributed by atoms with Crippen LogP contribution >= 0.6 is 23.2 Å². The molecule has 0 saturated heterocycles. The highest BCUT2D eigenvalue weighted by Crippen LogP contribution is 2.28. The quantitative estimate of drug-likeness (QED) is 0.839. The van der Waals surface area contributed by atoms with Gasteiger partial charge in [0.15, 0.2) is 0 Å². The lowest BCUT2D eigenvalue weighted by Crippen LogP contribution is -2.16. The molecule has 6 heteroatoms. The van der Waals surface area contributed by atoms with Gasteiger partial charge in [0.05, 0.1) is 16.7 Å². The lowest BCUT2D eigenvalue weighted by molar-refractivity contribution is 0.164. The van der Waals surface area contributed by atoms with Gasteiger partial charge in [0, 0.05) is 20.7 Å². The number of methoxy groups -OCH3 is 1. The van der Waals surface area contributed by atoms with Gasteiger partial charge in [-0.25, -0.2) is 4.98 Å². The third-order valence-electron chi connectivity index (χ3n) is 2.24. The summed E-state index contributed by atoms with van der Waals surface area (Å²) in [5.41, 5.74) is 0. The predicted molar refractivity (Wildman–Crippen MR) is 73.3 cm³/mol. The third-order valence-corrected chi connectivity index (χ3v) is 2.81. The minimum absolute atomic E-state index is 0.381. The molecule has 1 atom stereocenters. The van der Waals surface area contributed by atoms with Crippen molar-refractivity contribution >= 4 is 34.8 Å². The Morgan fingerprint density at radius 1 is 1.35 bits per heavy atom. The molecule has 1 aromatic rings. The summed E-state index contributed by atoms with van der Waals surface area (Å²) in [7, 11) is 3.45. The van der Waals surface area contributed by atoms with Crippen LogP contribution in [-0.2, 0) is 4.74 Å². The van der Waals surface area contributed by atoms with E-state index in [0.29, 0.717) is 34.2 Å². The van der Waals surface area contributed by atoms with Crippen molar-refractivity contribution in [1.29, 1.82) is 0 Å². The molecule has 1 aromatic heterocycles. The molecular formula is C11H17Cl2N3O. The van der Waals surface area contributed by atoms with Crippen molar-refractivity contribution in [3.63, 3.8) is 0 Å². The Morgan fingerprint density at radius 2 is 2.00 bits per heavy atom. The molecule has 0 saturated carbocycles. The van der Waals surface area contributed by atoms with Gasteiger partial charge < -0.3 is 15.4 Å². The molecule has 0 aliphatic heterocycles. The summed E-state index contributed by atoms with van der Waals surface area (Å²) in [6, 6.07) is 1.67. The monoisotopic (exact) mass is 277 g/mol. The van der Waals surface area contributed by atoms with Crippen LogP contribution in [0, 0.1) is 5.92 Å². The van der Waals surface area contributed by atoms with Crippen molar-refractivity contribution in [3.8, 4) is 0 Å². The number of anilines is 2. The molecule has 0 aromatic carbocycles. The molecule has 96 valence electrons. The first-order valence-corrected chi connectivity index (χ1v) is 6.10. The number of hydrogen-bond acceptors (Lipinski definition) is 4. The molecule has 0 fully saturated rings. The maximum atomic E-state index is 6.05. The third kappa shape index (κ3) is 4.22. The summed E-state index contributed by atoms with van der Waals surface area (Å²) >= 11 is 12.0. The minimum atomic E-state index is 0.381. The summed E-state index contributed by atoms with van der Waals surface area (Å²) in [6.45, 7) is 3.52. The van der Waals surface area contributed by atoms with Crippen LogP contribution in [0.5, 0.6) is 0 Å². The van der Waals surface area contributed by atoms with Crippen molar-refractivity contribution in [3.05, 3.63) is 16.1 Å². The second-order valence-electron chi connectivity index (χ2n) is 3.84. The Hall–Kier alpha value is -0.710. The van der Waals surface area contributed by atoms with Gasteiger partial charge in [0.2, 0.25) is 0 Å². The SMILES string of the molecule is CNc1nc(NCC(C)COC)c(Cl)cc1Cl. The van der Waals surface area contributed by atoms with Crippen molar-refractivity contribution in [2.45, 2.75) is 6.92 Å². The summed E-state index contributed by atoms with van der Waals surface area (Å²) < 4.78 is 5.06. The van der Waals surface area contributed by atoms with Crippen LogP contribution < -0.4 is 10.6 Å². The lowest BCUT2D eigenvalue weighted by atomic mass is 10.2. The molecular weight excluding hydrogens is 261 g/mol. The zero-order chi connectivity index (χ0) is 12.8. The number of pyridine rings is 1. The largest absolute Gasteiger partial charge is 0.384 e. The number of nitrogens with zero attached hydrogens (tertiary/aromatic N) is 1. The van der Waals surface area contributed by atoms with Gasteiger partial charge in [-0.05, 0) is 12.0 Å². The highest BCUT2D eigenvalue weighted by Gasteiger charge is 2.09. The first kappa shape index (κ1) is 14.4. The van der Waals surface area contributed by atoms with Gasteiger partial charge in [-0.1, -0.05) is 30.1 Å². The fourth-order valence-corrected chi connectivity index (χ4v) is 1.90. The highest BCUT2D eigenvalue weighted by molar-refractivity contribution is 6.37. The van der Waals surface area contributed by atoms with E-state index in [1.807, 2.05) is 0 Å². The minimum Gasteiger partial charge on any atom is -0.384 e. The summed E-state index contributed by atoms with van der Waals surface area (Å²) in [5.74, 6) is 1.62. The number of rotatable bonds is 6. The van der Waals surface area contributed by atoms with Crippen LogP contribution in [0.3, 0.4) is 0 Å². The lowest BCUT2D eigenvalue weighted by Gasteiger charge is -2.14. The number of aromatic nitrogens is 1. The maximum Gasteiger partial charge on any atom is 0.147 e. The van der Waals surface area contributed by atoms with Gasteiger partial charge in [0.25, 0.3) is 0 Å². The summed E-state index contributed by atoms with van der Waals surface area (Å²) in [5, 5.41) is 7.11. The van der Waals surface area contributed by atoms with Crippen LogP contribution in [-0.4, -0.2) is 32.3 Å². The Balaban J connectivity index is 2.70. The predicted octanol–water partition coefficient (Wildman–Crippen LogP) is 3.12. The van der Waals surface area contributed by atoms with Crippen LogP contribution in [0.4, 0.5) is 11.6 Å². The average Bonchev–Trinajstić information content (AvgIpc) is 2.28. The van der Waals surface area contributed by atoms with E-state index in [9.17, 15) is 0 Å². The van der Waals surface area contributed by atoms with Crippen LogP contribution in [0.2, 0.25) is 10.0 Å². The Morgan fingerprint density at radius 3 is 2.59 bits per heavy atom. The second kappa shape index (κ2) is 6.89. The molecule has 1 heterocycles. The molecule has 2 N–H and O–H groups in total. The van der Waals surface area contributed by atoms with Crippen molar-refractivity contribution in [2.24, 2.45) is 5.92 Å². The molecule has 1 rings (SSSR count). The average molecular weight is 278 g/mol. The standard InChI is InChI=1S/C11H17Cl2N3O/c1-7(6-17-3)5-15-11-9(13)4-8(12)10(14-2)16-11/h4,7H,5-6H2,1-3H3,(H2,14,15,16). The molecule has 0 aliphatic carbocycles. The number of hydrogen-bond donors (Lipinski definition) is 2. The van der Waals surface area contributed by atoms with Crippen molar-refractivity contribution in [1.82, 2.24) is 4.98 Å². The molecule has 0 aliphatic rings. The van der Waals surface area contributed by atoms with Crippen molar-refractivity contribution in [2.75, 3.05) is 37.9 Å². The van der Waals surface area contributed by atoms with Gasteiger partial charge in [0.1, 0.15) is 11.6 Å². The maximum absolute atomic E-state index is 6.05. The Bertz CT molecular complexity index is 374. The van der Waals surface area contributed by atoms with Gasteiger partial charge >= 0.3 is 0 Å². The van der Waals surface area contributed by atoms with Gasteiger partial charge in [-0.3, -0.25) is 0 Å². The number of nitrogens with one attached hydrogen (secondary N) is 2. The molecule has 1 unspecified atom stereocenters. The van der Waals surface area contributed by atoms with E-state index in [2.05, 4.69) is 22.5 Å². The normalized spacial score (nSPS) is 12.3. The Labute approximate surface area is 112 Å². The fraction of sp³-hybridized carbons (Fsp3) is 0.545. The van der Waals surface area contributed by atoms with Gasteiger partial charge in [-0.2, -0.15) is 0 Å². The zero-order valence-corrected chi connectivity index (χ0v) is 11.7. The van der Waals surface area contributed by atoms with E-state index in [-0.39, 0.29) is 0 Å².